The molecule has 1 aromatic heterocycles. The Morgan fingerprint density at radius 2 is 1.77 bits per heavy atom. The summed E-state index contributed by atoms with van der Waals surface area (Å²) in [5.41, 5.74) is 5.47. The molecular weight excluding hydrogens is 373 g/mol. The molecule has 3 rings (SSSR count). The first-order valence-electron chi connectivity index (χ1n) is 10.4. The minimum absolute atomic E-state index is 0.201. The maximum atomic E-state index is 14.2. The van der Waals surface area contributed by atoms with Crippen molar-refractivity contribution >= 4 is 6.08 Å². The molecular formula is C27H28FNO. The van der Waals surface area contributed by atoms with Gasteiger partial charge in [-0.05, 0) is 67.0 Å². The summed E-state index contributed by atoms with van der Waals surface area (Å²) in [7, 11) is 0. The average molecular weight is 402 g/mol. The van der Waals surface area contributed by atoms with Crippen molar-refractivity contribution in [2.24, 2.45) is 0 Å². The van der Waals surface area contributed by atoms with E-state index in [0.29, 0.717) is 12.0 Å². The molecule has 0 spiro atoms. The minimum Gasteiger partial charge on any atom is -0.393 e. The molecule has 3 heteroatoms. The fourth-order valence-corrected chi connectivity index (χ4v) is 3.31. The lowest BCUT2D eigenvalue weighted by molar-refractivity contribution is 0.182. The van der Waals surface area contributed by atoms with Gasteiger partial charge in [0.2, 0.25) is 0 Å². The van der Waals surface area contributed by atoms with E-state index in [1.165, 1.54) is 0 Å². The van der Waals surface area contributed by atoms with Gasteiger partial charge in [-0.15, -0.1) is 6.58 Å². The number of nitrogens with zero attached hydrogens (tertiary/aromatic N) is 1. The van der Waals surface area contributed by atoms with Gasteiger partial charge in [0.1, 0.15) is 5.82 Å². The number of pyridine rings is 1. The third kappa shape index (κ3) is 5.98. The topological polar surface area (TPSA) is 33.1 Å². The van der Waals surface area contributed by atoms with Gasteiger partial charge in [-0.1, -0.05) is 60.7 Å². The van der Waals surface area contributed by atoms with Crippen LogP contribution >= 0.6 is 0 Å². The Balaban J connectivity index is 1.65. The van der Waals surface area contributed by atoms with Gasteiger partial charge in [-0.3, -0.25) is 4.98 Å². The summed E-state index contributed by atoms with van der Waals surface area (Å²) >= 11 is 0. The first-order chi connectivity index (χ1) is 14.6. The van der Waals surface area contributed by atoms with Gasteiger partial charge in [0.25, 0.3) is 0 Å². The highest BCUT2D eigenvalue weighted by molar-refractivity contribution is 5.69. The molecule has 0 aliphatic rings. The van der Waals surface area contributed by atoms with Gasteiger partial charge in [0.15, 0.2) is 0 Å². The Kier molecular flexibility index (Phi) is 7.69. The standard InChI is InChI=1S/C27H28FNO/c1-3-7-23-13-16-25(18-26(23)28)22-11-14-24(15-12-22)27-17-10-21(19-29-27)9-6-4-5-8-20(2)30/h3,6,9-20,30H,1,4-5,7-8H2,2H3. The number of aromatic nitrogens is 1. The molecule has 0 radical (unpaired) electrons. The van der Waals surface area contributed by atoms with Crippen LogP contribution in [-0.4, -0.2) is 16.2 Å². The quantitative estimate of drug-likeness (QED) is 0.314. The van der Waals surface area contributed by atoms with E-state index >= 15 is 0 Å². The summed E-state index contributed by atoms with van der Waals surface area (Å²) in [6.45, 7) is 5.48. The van der Waals surface area contributed by atoms with E-state index in [0.717, 1.165) is 47.2 Å². The second kappa shape index (κ2) is 10.7. The molecule has 1 N–H and O–H groups in total. The molecule has 0 aliphatic carbocycles. The van der Waals surface area contributed by atoms with E-state index in [1.54, 1.807) is 12.1 Å². The van der Waals surface area contributed by atoms with Crippen LogP contribution in [0, 0.1) is 5.82 Å². The van der Waals surface area contributed by atoms with Crippen molar-refractivity contribution in [3.05, 3.63) is 96.5 Å². The Hall–Kier alpha value is -3.04. The monoisotopic (exact) mass is 401 g/mol. The van der Waals surface area contributed by atoms with E-state index in [1.807, 2.05) is 55.6 Å². The van der Waals surface area contributed by atoms with Gasteiger partial charge in [-0.25, -0.2) is 4.39 Å². The highest BCUT2D eigenvalue weighted by Crippen LogP contribution is 2.26. The molecule has 0 aliphatic heterocycles. The van der Waals surface area contributed by atoms with Crippen LogP contribution in [-0.2, 0) is 6.42 Å². The molecule has 3 aromatic rings. The molecule has 154 valence electrons. The lowest BCUT2D eigenvalue weighted by atomic mass is 10.00. The van der Waals surface area contributed by atoms with Crippen LogP contribution in [0.15, 0.2) is 79.5 Å². The zero-order valence-electron chi connectivity index (χ0n) is 17.4. The van der Waals surface area contributed by atoms with Crippen molar-refractivity contribution in [3.8, 4) is 22.4 Å². The summed E-state index contributed by atoms with van der Waals surface area (Å²) in [5.74, 6) is -0.201. The predicted octanol–water partition coefficient (Wildman–Crippen LogP) is 6.85. The lowest BCUT2D eigenvalue weighted by Gasteiger charge is -2.07. The van der Waals surface area contributed by atoms with Crippen LogP contribution in [0.5, 0.6) is 0 Å². The molecule has 30 heavy (non-hydrogen) atoms. The number of aliphatic hydroxyl groups excluding tert-OH is 1. The molecule has 0 saturated heterocycles. The van der Waals surface area contributed by atoms with Crippen molar-refractivity contribution in [1.29, 1.82) is 0 Å². The molecule has 0 fully saturated rings. The normalized spacial score (nSPS) is 12.2. The fourth-order valence-electron chi connectivity index (χ4n) is 3.31. The summed E-state index contributed by atoms with van der Waals surface area (Å²) < 4.78 is 14.2. The summed E-state index contributed by atoms with van der Waals surface area (Å²) in [5, 5.41) is 9.28. The second-order valence-electron chi connectivity index (χ2n) is 7.54. The Bertz CT molecular complexity index is 988. The number of hydrogen-bond acceptors (Lipinski definition) is 2. The van der Waals surface area contributed by atoms with E-state index in [2.05, 4.69) is 29.8 Å². The molecule has 0 saturated carbocycles. The second-order valence-corrected chi connectivity index (χ2v) is 7.54. The van der Waals surface area contributed by atoms with E-state index in [9.17, 15) is 9.50 Å². The molecule has 0 bridgehead atoms. The third-order valence-corrected chi connectivity index (χ3v) is 5.02. The predicted molar refractivity (Wildman–Crippen MR) is 124 cm³/mol. The number of allylic oxidation sites excluding steroid dienone is 2. The smallest absolute Gasteiger partial charge is 0.127 e. The minimum atomic E-state index is -0.235. The molecule has 0 amide bonds. The highest BCUT2D eigenvalue weighted by Gasteiger charge is 2.05. The van der Waals surface area contributed by atoms with Crippen molar-refractivity contribution in [1.82, 2.24) is 4.98 Å². The molecule has 2 nitrogen and oxygen atoms in total. The number of benzene rings is 2. The lowest BCUT2D eigenvalue weighted by Crippen LogP contribution is -1.97. The number of unbranched alkanes of at least 4 members (excludes halogenated alkanes) is 1. The van der Waals surface area contributed by atoms with E-state index < -0.39 is 0 Å². The average Bonchev–Trinajstić information content (AvgIpc) is 2.75. The Labute approximate surface area is 178 Å². The van der Waals surface area contributed by atoms with Crippen molar-refractivity contribution in [2.45, 2.75) is 38.7 Å². The van der Waals surface area contributed by atoms with Crippen molar-refractivity contribution in [3.63, 3.8) is 0 Å². The molecule has 1 heterocycles. The Morgan fingerprint density at radius 1 is 1.03 bits per heavy atom. The largest absolute Gasteiger partial charge is 0.393 e. The fraction of sp³-hybridized carbons (Fsp3) is 0.222. The highest BCUT2D eigenvalue weighted by atomic mass is 19.1. The van der Waals surface area contributed by atoms with Gasteiger partial charge >= 0.3 is 0 Å². The zero-order chi connectivity index (χ0) is 21.3. The summed E-state index contributed by atoms with van der Waals surface area (Å²) in [4.78, 5) is 4.56. The van der Waals surface area contributed by atoms with Crippen LogP contribution in [0.1, 0.15) is 37.3 Å². The first-order valence-corrected chi connectivity index (χ1v) is 10.4. The van der Waals surface area contributed by atoms with Crippen molar-refractivity contribution in [2.75, 3.05) is 0 Å². The van der Waals surface area contributed by atoms with Gasteiger partial charge in [0.05, 0.1) is 11.8 Å². The van der Waals surface area contributed by atoms with Gasteiger partial charge < -0.3 is 5.11 Å². The van der Waals surface area contributed by atoms with Crippen LogP contribution in [0.4, 0.5) is 4.39 Å². The van der Waals surface area contributed by atoms with Crippen LogP contribution in [0.25, 0.3) is 28.5 Å². The van der Waals surface area contributed by atoms with E-state index in [4.69, 9.17) is 0 Å². The maximum absolute atomic E-state index is 14.2. The SMILES string of the molecule is C=CCc1ccc(-c2ccc(-c3ccc(C=CCCCC(C)O)cn3)cc2)cc1F. The number of hydrogen-bond donors (Lipinski definition) is 1. The third-order valence-electron chi connectivity index (χ3n) is 5.02. The number of aliphatic hydroxyl groups is 1. The summed E-state index contributed by atoms with van der Waals surface area (Å²) in [6, 6.07) is 17.4. The molecule has 2 aromatic carbocycles. The first kappa shape index (κ1) is 21.7. The van der Waals surface area contributed by atoms with Gasteiger partial charge in [-0.2, -0.15) is 0 Å². The van der Waals surface area contributed by atoms with Crippen LogP contribution in [0.2, 0.25) is 0 Å². The Morgan fingerprint density at radius 3 is 2.40 bits per heavy atom. The summed E-state index contributed by atoms with van der Waals surface area (Å²) in [6.07, 6.45) is 10.8. The molecule has 1 unspecified atom stereocenters. The zero-order valence-corrected chi connectivity index (χ0v) is 17.4. The number of rotatable bonds is 9. The van der Waals surface area contributed by atoms with Crippen LogP contribution < -0.4 is 0 Å². The van der Waals surface area contributed by atoms with Gasteiger partial charge in [0, 0.05) is 11.8 Å². The maximum Gasteiger partial charge on any atom is 0.127 e. The van der Waals surface area contributed by atoms with Crippen molar-refractivity contribution < 1.29 is 9.50 Å². The molecule has 1 atom stereocenters. The van der Waals surface area contributed by atoms with Crippen LogP contribution in [0.3, 0.4) is 0 Å². The number of halogens is 1. The van der Waals surface area contributed by atoms with E-state index in [-0.39, 0.29) is 11.9 Å².